The van der Waals surface area contributed by atoms with Crippen LogP contribution in [0.25, 0.3) is 10.9 Å². The number of aromatic nitrogens is 1. The fourth-order valence-electron chi connectivity index (χ4n) is 2.35. The van der Waals surface area contributed by atoms with Gasteiger partial charge in [0.15, 0.2) is 0 Å². The molecule has 1 aromatic heterocycles. The predicted molar refractivity (Wildman–Crippen MR) is 83.8 cm³/mol. The van der Waals surface area contributed by atoms with Crippen molar-refractivity contribution in [2.24, 2.45) is 5.73 Å². The van der Waals surface area contributed by atoms with Gasteiger partial charge in [-0.3, -0.25) is 4.98 Å². The lowest BCUT2D eigenvalue weighted by Gasteiger charge is -2.13. The molecule has 1 atom stereocenters. The van der Waals surface area contributed by atoms with Crippen molar-refractivity contribution >= 4 is 22.5 Å². The highest BCUT2D eigenvalue weighted by Crippen LogP contribution is 2.24. The average Bonchev–Trinajstić information content (AvgIpc) is 2.51. The molecule has 0 spiro atoms. The van der Waals surface area contributed by atoms with Crippen LogP contribution < -0.4 is 5.73 Å². The number of nitrogens with two attached hydrogens (primary N) is 1. The zero-order valence-corrected chi connectivity index (χ0v) is 12.0. The first-order valence-corrected chi connectivity index (χ1v) is 7.06. The Balaban J connectivity index is 1.89. The van der Waals surface area contributed by atoms with E-state index in [2.05, 4.69) is 4.98 Å². The van der Waals surface area contributed by atoms with Gasteiger partial charge < -0.3 is 5.73 Å². The first kappa shape index (κ1) is 14.0. The van der Waals surface area contributed by atoms with Gasteiger partial charge in [0.1, 0.15) is 5.82 Å². The molecule has 2 aromatic carbocycles. The summed E-state index contributed by atoms with van der Waals surface area (Å²) in [6, 6.07) is 14.5. The van der Waals surface area contributed by atoms with Crippen molar-refractivity contribution in [1.82, 2.24) is 4.98 Å². The van der Waals surface area contributed by atoms with Crippen LogP contribution in [0.15, 0.2) is 54.7 Å². The molecule has 0 fully saturated rings. The standard InChI is InChI=1S/C17H14ClFN2/c18-14-6-3-5-12(17(14)19)9-15(20)13-8-11-4-1-2-7-16(11)21-10-13/h1-8,10,15H,9,20H2. The minimum Gasteiger partial charge on any atom is -0.324 e. The van der Waals surface area contributed by atoms with Crippen LogP contribution in [0.3, 0.4) is 0 Å². The van der Waals surface area contributed by atoms with E-state index in [4.69, 9.17) is 17.3 Å². The molecule has 3 rings (SSSR count). The van der Waals surface area contributed by atoms with E-state index >= 15 is 0 Å². The molecule has 3 aromatic rings. The monoisotopic (exact) mass is 300 g/mol. The molecular formula is C17H14ClFN2. The van der Waals surface area contributed by atoms with Crippen LogP contribution in [-0.2, 0) is 6.42 Å². The van der Waals surface area contributed by atoms with Crippen LogP contribution in [0.5, 0.6) is 0 Å². The van der Waals surface area contributed by atoms with Crippen LogP contribution in [0.2, 0.25) is 5.02 Å². The zero-order valence-electron chi connectivity index (χ0n) is 11.3. The predicted octanol–water partition coefficient (Wildman–Crippen LogP) is 4.27. The molecule has 2 N–H and O–H groups in total. The maximum absolute atomic E-state index is 13.9. The molecule has 0 aliphatic rings. The van der Waals surface area contributed by atoms with E-state index < -0.39 is 5.82 Å². The molecule has 21 heavy (non-hydrogen) atoms. The molecule has 0 aliphatic carbocycles. The Morgan fingerprint density at radius 1 is 1.14 bits per heavy atom. The largest absolute Gasteiger partial charge is 0.324 e. The van der Waals surface area contributed by atoms with Gasteiger partial charge in [0.25, 0.3) is 0 Å². The van der Waals surface area contributed by atoms with Gasteiger partial charge in [-0.15, -0.1) is 0 Å². The number of hydrogen-bond donors (Lipinski definition) is 1. The van der Waals surface area contributed by atoms with Crippen molar-refractivity contribution in [2.75, 3.05) is 0 Å². The second-order valence-corrected chi connectivity index (χ2v) is 5.39. The molecule has 1 unspecified atom stereocenters. The fourth-order valence-corrected chi connectivity index (χ4v) is 2.55. The highest BCUT2D eigenvalue weighted by Gasteiger charge is 2.13. The number of pyridine rings is 1. The number of halogens is 2. The Kier molecular flexibility index (Phi) is 3.86. The lowest BCUT2D eigenvalue weighted by molar-refractivity contribution is 0.593. The smallest absolute Gasteiger partial charge is 0.145 e. The van der Waals surface area contributed by atoms with E-state index in [1.807, 2.05) is 30.3 Å². The SMILES string of the molecule is NC(Cc1cccc(Cl)c1F)c1cnc2ccccc2c1. The van der Waals surface area contributed by atoms with Gasteiger partial charge in [0.05, 0.1) is 10.5 Å². The third-order valence-electron chi connectivity index (χ3n) is 3.51. The summed E-state index contributed by atoms with van der Waals surface area (Å²) in [6.07, 6.45) is 2.13. The molecule has 106 valence electrons. The van der Waals surface area contributed by atoms with Crippen LogP contribution in [0, 0.1) is 5.82 Å². The Hall–Kier alpha value is -1.97. The van der Waals surface area contributed by atoms with Gasteiger partial charge in [-0.1, -0.05) is 41.9 Å². The normalized spacial score (nSPS) is 12.5. The molecule has 0 aliphatic heterocycles. The molecular weight excluding hydrogens is 287 g/mol. The topological polar surface area (TPSA) is 38.9 Å². The number of para-hydroxylation sites is 1. The summed E-state index contributed by atoms with van der Waals surface area (Å²) in [5.74, 6) is -0.400. The lowest BCUT2D eigenvalue weighted by atomic mass is 9.99. The van der Waals surface area contributed by atoms with E-state index in [1.165, 1.54) is 6.07 Å². The van der Waals surface area contributed by atoms with Gasteiger partial charge >= 0.3 is 0 Å². The van der Waals surface area contributed by atoms with E-state index in [-0.39, 0.29) is 11.1 Å². The van der Waals surface area contributed by atoms with Crippen LogP contribution in [-0.4, -0.2) is 4.98 Å². The summed E-state index contributed by atoms with van der Waals surface area (Å²) < 4.78 is 13.9. The van der Waals surface area contributed by atoms with Crippen LogP contribution in [0.1, 0.15) is 17.2 Å². The quantitative estimate of drug-likeness (QED) is 0.784. The number of hydrogen-bond acceptors (Lipinski definition) is 2. The molecule has 4 heteroatoms. The number of fused-ring (bicyclic) bond motifs is 1. The molecule has 0 amide bonds. The third-order valence-corrected chi connectivity index (χ3v) is 3.80. The molecule has 0 radical (unpaired) electrons. The summed E-state index contributed by atoms with van der Waals surface area (Å²) in [4.78, 5) is 4.38. The maximum Gasteiger partial charge on any atom is 0.145 e. The molecule has 0 saturated carbocycles. The number of benzene rings is 2. The Morgan fingerprint density at radius 2 is 1.95 bits per heavy atom. The van der Waals surface area contributed by atoms with Gasteiger partial charge in [-0.25, -0.2) is 4.39 Å². The molecule has 0 saturated heterocycles. The summed E-state index contributed by atoms with van der Waals surface area (Å²) in [7, 11) is 0. The number of rotatable bonds is 3. The van der Waals surface area contributed by atoms with Crippen LogP contribution >= 0.6 is 11.6 Å². The lowest BCUT2D eigenvalue weighted by Crippen LogP contribution is -2.14. The summed E-state index contributed by atoms with van der Waals surface area (Å²) in [6.45, 7) is 0. The van der Waals surface area contributed by atoms with Gasteiger partial charge in [0.2, 0.25) is 0 Å². The number of nitrogens with zero attached hydrogens (tertiary/aromatic N) is 1. The molecule has 0 bridgehead atoms. The summed E-state index contributed by atoms with van der Waals surface area (Å²) >= 11 is 5.79. The van der Waals surface area contributed by atoms with Crippen molar-refractivity contribution in [3.8, 4) is 0 Å². The van der Waals surface area contributed by atoms with Crippen LogP contribution in [0.4, 0.5) is 4.39 Å². The van der Waals surface area contributed by atoms with Crippen molar-refractivity contribution in [3.63, 3.8) is 0 Å². The Morgan fingerprint density at radius 3 is 2.81 bits per heavy atom. The Labute approximate surface area is 127 Å². The minimum absolute atomic E-state index is 0.122. The Bertz CT molecular complexity index is 789. The van der Waals surface area contributed by atoms with Crippen molar-refractivity contribution < 1.29 is 4.39 Å². The van der Waals surface area contributed by atoms with Gasteiger partial charge in [0, 0.05) is 17.6 Å². The second kappa shape index (κ2) is 5.80. The third kappa shape index (κ3) is 2.89. The molecule has 1 heterocycles. The highest BCUT2D eigenvalue weighted by molar-refractivity contribution is 6.30. The first-order valence-electron chi connectivity index (χ1n) is 6.68. The van der Waals surface area contributed by atoms with Crippen molar-refractivity contribution in [2.45, 2.75) is 12.5 Å². The zero-order chi connectivity index (χ0) is 14.8. The maximum atomic E-state index is 13.9. The van der Waals surface area contributed by atoms with E-state index in [0.29, 0.717) is 12.0 Å². The first-order chi connectivity index (χ1) is 10.1. The van der Waals surface area contributed by atoms with Crippen molar-refractivity contribution in [3.05, 3.63) is 76.7 Å². The second-order valence-electron chi connectivity index (χ2n) is 4.98. The van der Waals surface area contributed by atoms with E-state index in [0.717, 1.165) is 16.5 Å². The van der Waals surface area contributed by atoms with E-state index in [1.54, 1.807) is 18.3 Å². The van der Waals surface area contributed by atoms with E-state index in [9.17, 15) is 4.39 Å². The average molecular weight is 301 g/mol. The summed E-state index contributed by atoms with van der Waals surface area (Å²) in [5, 5.41) is 1.15. The van der Waals surface area contributed by atoms with Gasteiger partial charge in [-0.2, -0.15) is 0 Å². The fraction of sp³-hybridized carbons (Fsp3) is 0.118. The minimum atomic E-state index is -0.400. The molecule has 2 nitrogen and oxygen atoms in total. The van der Waals surface area contributed by atoms with Crippen molar-refractivity contribution in [1.29, 1.82) is 0 Å². The van der Waals surface area contributed by atoms with Gasteiger partial charge in [-0.05, 0) is 35.7 Å². The highest BCUT2D eigenvalue weighted by atomic mass is 35.5. The summed E-state index contributed by atoms with van der Waals surface area (Å²) in [5.41, 5.74) is 8.51.